The Kier molecular flexibility index (Phi) is 3.46. The minimum Gasteiger partial charge on any atom is -0.305 e. The predicted octanol–water partition coefficient (Wildman–Crippen LogP) is 1.95. The number of hydrogen-bond donors (Lipinski definition) is 1. The van der Waals surface area contributed by atoms with Gasteiger partial charge in [-0.2, -0.15) is 0 Å². The summed E-state index contributed by atoms with van der Waals surface area (Å²) in [7, 11) is 0. The number of benzene rings is 1. The van der Waals surface area contributed by atoms with Crippen molar-refractivity contribution in [1.82, 2.24) is 9.97 Å². The molecule has 1 amide bonds. The van der Waals surface area contributed by atoms with Crippen LogP contribution in [0, 0.1) is 17.0 Å². The summed E-state index contributed by atoms with van der Waals surface area (Å²) in [5.41, 5.74) is 0.512. The van der Waals surface area contributed by atoms with Gasteiger partial charge in [-0.25, -0.2) is 4.98 Å². The highest BCUT2D eigenvalue weighted by Gasteiger charge is 2.20. The zero-order chi connectivity index (χ0) is 13.8. The highest BCUT2D eigenvalue weighted by Crippen LogP contribution is 2.20. The topological polar surface area (TPSA) is 98.0 Å². The van der Waals surface area contributed by atoms with Crippen molar-refractivity contribution in [1.29, 1.82) is 0 Å². The second-order valence-corrected chi connectivity index (χ2v) is 3.82. The Morgan fingerprint density at radius 1 is 1.37 bits per heavy atom. The number of anilines is 1. The first kappa shape index (κ1) is 12.6. The number of hydrogen-bond acceptors (Lipinski definition) is 5. The fourth-order valence-corrected chi connectivity index (χ4v) is 1.54. The van der Waals surface area contributed by atoms with Gasteiger partial charge in [0.15, 0.2) is 5.82 Å². The van der Waals surface area contributed by atoms with Crippen LogP contribution in [0.1, 0.15) is 15.9 Å². The summed E-state index contributed by atoms with van der Waals surface area (Å²) in [5.74, 6) is -0.348. The van der Waals surface area contributed by atoms with Crippen molar-refractivity contribution in [2.75, 3.05) is 5.32 Å². The van der Waals surface area contributed by atoms with E-state index in [4.69, 9.17) is 0 Å². The maximum atomic E-state index is 12.0. The average Bonchev–Trinajstić information content (AvgIpc) is 2.39. The highest BCUT2D eigenvalue weighted by molar-refractivity contribution is 6.06. The van der Waals surface area contributed by atoms with Gasteiger partial charge in [0.05, 0.1) is 11.1 Å². The smallest absolute Gasteiger partial charge is 0.282 e. The maximum absolute atomic E-state index is 12.0. The monoisotopic (exact) mass is 258 g/mol. The highest BCUT2D eigenvalue weighted by atomic mass is 16.6. The molecule has 7 nitrogen and oxygen atoms in total. The first-order valence-electron chi connectivity index (χ1n) is 5.40. The minimum absolute atomic E-state index is 0.00402. The van der Waals surface area contributed by atoms with E-state index in [-0.39, 0.29) is 17.1 Å². The van der Waals surface area contributed by atoms with Crippen LogP contribution in [-0.4, -0.2) is 20.8 Å². The molecule has 19 heavy (non-hydrogen) atoms. The van der Waals surface area contributed by atoms with E-state index in [1.165, 1.54) is 30.7 Å². The van der Waals surface area contributed by atoms with E-state index in [0.717, 1.165) is 5.56 Å². The molecule has 0 spiro atoms. The molecule has 0 unspecified atom stereocenters. The Labute approximate surface area is 108 Å². The lowest BCUT2D eigenvalue weighted by Crippen LogP contribution is -2.15. The van der Waals surface area contributed by atoms with Crippen LogP contribution in [0.4, 0.5) is 11.5 Å². The SMILES string of the molecule is Cc1ccc([N+](=O)[O-])c(C(=O)Nc2cnccn2)c1. The number of carbonyl (C=O) groups excluding carboxylic acids is 1. The second kappa shape index (κ2) is 5.21. The molecule has 1 heterocycles. The Balaban J connectivity index is 2.33. The van der Waals surface area contributed by atoms with E-state index >= 15 is 0 Å². The molecule has 7 heteroatoms. The van der Waals surface area contributed by atoms with Crippen LogP contribution in [0.2, 0.25) is 0 Å². The summed E-state index contributed by atoms with van der Waals surface area (Å²) in [6, 6.07) is 4.35. The molecule has 0 saturated carbocycles. The molecule has 1 aromatic carbocycles. The number of nitro benzene ring substituents is 1. The van der Waals surface area contributed by atoms with Crippen LogP contribution in [0.25, 0.3) is 0 Å². The Morgan fingerprint density at radius 2 is 2.16 bits per heavy atom. The largest absolute Gasteiger partial charge is 0.305 e. The van der Waals surface area contributed by atoms with E-state index < -0.39 is 10.8 Å². The molecule has 2 rings (SSSR count). The van der Waals surface area contributed by atoms with E-state index in [0.29, 0.717) is 0 Å². The normalized spacial score (nSPS) is 9.95. The predicted molar refractivity (Wildman–Crippen MR) is 67.8 cm³/mol. The molecule has 0 aliphatic heterocycles. The Morgan fingerprint density at radius 3 is 2.79 bits per heavy atom. The third-order valence-corrected chi connectivity index (χ3v) is 2.40. The number of nitrogens with one attached hydrogen (secondary N) is 1. The fourth-order valence-electron chi connectivity index (χ4n) is 1.54. The summed E-state index contributed by atoms with van der Waals surface area (Å²) in [6.07, 6.45) is 4.24. The second-order valence-electron chi connectivity index (χ2n) is 3.82. The van der Waals surface area contributed by atoms with Gasteiger partial charge in [-0.05, 0) is 18.6 Å². The quantitative estimate of drug-likeness (QED) is 0.670. The average molecular weight is 258 g/mol. The van der Waals surface area contributed by atoms with Crippen LogP contribution in [-0.2, 0) is 0 Å². The molecule has 96 valence electrons. The van der Waals surface area contributed by atoms with E-state index in [2.05, 4.69) is 15.3 Å². The van der Waals surface area contributed by atoms with Gasteiger partial charge in [-0.15, -0.1) is 0 Å². The third kappa shape index (κ3) is 2.89. The van der Waals surface area contributed by atoms with Gasteiger partial charge in [0.25, 0.3) is 11.6 Å². The first-order valence-corrected chi connectivity index (χ1v) is 5.40. The number of amides is 1. The zero-order valence-electron chi connectivity index (χ0n) is 10.0. The molecule has 0 saturated heterocycles. The lowest BCUT2D eigenvalue weighted by molar-refractivity contribution is -0.385. The van der Waals surface area contributed by atoms with Crippen molar-refractivity contribution in [2.24, 2.45) is 0 Å². The number of carbonyl (C=O) groups is 1. The first-order chi connectivity index (χ1) is 9.08. The fraction of sp³-hybridized carbons (Fsp3) is 0.0833. The van der Waals surface area contributed by atoms with Crippen molar-refractivity contribution >= 4 is 17.4 Å². The van der Waals surface area contributed by atoms with Gasteiger partial charge in [0, 0.05) is 18.5 Å². The molecule has 0 fully saturated rings. The summed E-state index contributed by atoms with van der Waals surface area (Å²) < 4.78 is 0. The molecule has 0 radical (unpaired) electrons. The van der Waals surface area contributed by atoms with Crippen molar-refractivity contribution in [2.45, 2.75) is 6.92 Å². The van der Waals surface area contributed by atoms with Crippen LogP contribution in [0.3, 0.4) is 0 Å². The number of aromatic nitrogens is 2. The van der Waals surface area contributed by atoms with Gasteiger partial charge in [-0.3, -0.25) is 19.9 Å². The van der Waals surface area contributed by atoms with Crippen LogP contribution in [0.5, 0.6) is 0 Å². The minimum atomic E-state index is -0.592. The van der Waals surface area contributed by atoms with Gasteiger partial charge in [-0.1, -0.05) is 6.07 Å². The summed E-state index contributed by atoms with van der Waals surface area (Å²) in [5, 5.41) is 13.4. The van der Waals surface area contributed by atoms with Gasteiger partial charge < -0.3 is 5.32 Å². The molecular formula is C12H10N4O3. The number of rotatable bonds is 3. The van der Waals surface area contributed by atoms with Crippen molar-refractivity contribution < 1.29 is 9.72 Å². The number of nitro groups is 1. The van der Waals surface area contributed by atoms with Crippen LogP contribution in [0.15, 0.2) is 36.8 Å². The van der Waals surface area contributed by atoms with Crippen LogP contribution < -0.4 is 5.32 Å². The molecule has 0 aliphatic rings. The molecule has 0 atom stereocenters. The molecular weight excluding hydrogens is 248 g/mol. The third-order valence-electron chi connectivity index (χ3n) is 2.40. The molecule has 1 N–H and O–H groups in total. The molecule has 2 aromatic rings. The zero-order valence-corrected chi connectivity index (χ0v) is 10.0. The van der Waals surface area contributed by atoms with E-state index in [9.17, 15) is 14.9 Å². The Bertz CT molecular complexity index is 628. The van der Waals surface area contributed by atoms with Crippen molar-refractivity contribution in [3.63, 3.8) is 0 Å². The molecule has 0 aliphatic carbocycles. The summed E-state index contributed by atoms with van der Waals surface area (Å²) in [6.45, 7) is 1.75. The lowest BCUT2D eigenvalue weighted by Gasteiger charge is -2.05. The van der Waals surface area contributed by atoms with Crippen LogP contribution >= 0.6 is 0 Å². The van der Waals surface area contributed by atoms with E-state index in [1.807, 2.05) is 0 Å². The standard InChI is InChI=1S/C12H10N4O3/c1-8-2-3-10(16(18)19)9(6-8)12(17)15-11-7-13-4-5-14-11/h2-7H,1H3,(H,14,15,17). The van der Waals surface area contributed by atoms with Gasteiger partial charge >= 0.3 is 0 Å². The molecule has 0 bridgehead atoms. The lowest BCUT2D eigenvalue weighted by atomic mass is 10.1. The van der Waals surface area contributed by atoms with Crippen molar-refractivity contribution in [3.8, 4) is 0 Å². The number of nitrogens with zero attached hydrogens (tertiary/aromatic N) is 3. The Hall–Kier alpha value is -2.83. The summed E-state index contributed by atoms with van der Waals surface area (Å²) >= 11 is 0. The summed E-state index contributed by atoms with van der Waals surface area (Å²) in [4.78, 5) is 30.0. The number of aryl methyl sites for hydroxylation is 1. The maximum Gasteiger partial charge on any atom is 0.282 e. The van der Waals surface area contributed by atoms with Gasteiger partial charge in [0.2, 0.25) is 0 Å². The van der Waals surface area contributed by atoms with E-state index in [1.54, 1.807) is 13.0 Å². The van der Waals surface area contributed by atoms with Crippen molar-refractivity contribution in [3.05, 3.63) is 58.0 Å². The molecule has 1 aromatic heterocycles. The van der Waals surface area contributed by atoms with Gasteiger partial charge in [0.1, 0.15) is 5.56 Å².